The first-order chi connectivity index (χ1) is 13.7. The first-order valence-electron chi connectivity index (χ1n) is 10.7. The largest absolute Gasteiger partial charge is 0.494 e. The van der Waals surface area contributed by atoms with Crippen molar-refractivity contribution in [2.45, 2.75) is 70.9 Å². The summed E-state index contributed by atoms with van der Waals surface area (Å²) in [5.41, 5.74) is 4.91. The minimum absolute atomic E-state index is 0.216. The van der Waals surface area contributed by atoms with Gasteiger partial charge in [0.15, 0.2) is 0 Å². The van der Waals surface area contributed by atoms with Crippen molar-refractivity contribution >= 4 is 5.91 Å². The fourth-order valence-corrected chi connectivity index (χ4v) is 4.77. The van der Waals surface area contributed by atoms with Gasteiger partial charge in [0.05, 0.1) is 25.3 Å². The zero-order valence-electron chi connectivity index (χ0n) is 17.1. The van der Waals surface area contributed by atoms with E-state index < -0.39 is 0 Å². The molecule has 1 saturated carbocycles. The molecule has 1 aromatic heterocycles. The Balaban J connectivity index is 1.51. The Bertz CT molecular complexity index is 819. The summed E-state index contributed by atoms with van der Waals surface area (Å²) < 4.78 is 7.54. The summed E-state index contributed by atoms with van der Waals surface area (Å²) in [6.07, 6.45) is 8.53. The number of aromatic nitrogens is 2. The van der Waals surface area contributed by atoms with E-state index in [-0.39, 0.29) is 5.91 Å². The molecule has 1 heterocycles. The molecular formula is C23H31N3O2. The highest BCUT2D eigenvalue weighted by Gasteiger charge is 2.30. The summed E-state index contributed by atoms with van der Waals surface area (Å²) in [5, 5.41) is 4.77. The van der Waals surface area contributed by atoms with E-state index >= 15 is 0 Å². The Kier molecular flexibility index (Phi) is 5.69. The molecule has 0 bridgehead atoms. The van der Waals surface area contributed by atoms with Gasteiger partial charge in [-0.2, -0.15) is 5.10 Å². The van der Waals surface area contributed by atoms with Gasteiger partial charge in [0, 0.05) is 18.8 Å². The van der Waals surface area contributed by atoms with E-state index in [2.05, 4.69) is 4.90 Å². The Morgan fingerprint density at radius 1 is 1.18 bits per heavy atom. The average Bonchev–Trinajstić information content (AvgIpc) is 3.42. The summed E-state index contributed by atoms with van der Waals surface area (Å²) in [4.78, 5) is 15.4. The van der Waals surface area contributed by atoms with E-state index in [1.54, 1.807) is 0 Å². The number of hydrogen-bond acceptors (Lipinski definition) is 3. The van der Waals surface area contributed by atoms with Gasteiger partial charge in [0.1, 0.15) is 5.75 Å². The van der Waals surface area contributed by atoms with Crippen molar-refractivity contribution in [1.29, 1.82) is 0 Å². The monoisotopic (exact) mass is 381 g/mol. The van der Waals surface area contributed by atoms with Gasteiger partial charge in [0.25, 0.3) is 0 Å². The first-order valence-corrected chi connectivity index (χ1v) is 10.7. The highest BCUT2D eigenvalue weighted by molar-refractivity contribution is 5.79. The lowest BCUT2D eigenvalue weighted by atomic mass is 10.1. The molecular weight excluding hydrogens is 350 g/mol. The second-order valence-electron chi connectivity index (χ2n) is 8.06. The van der Waals surface area contributed by atoms with Crippen molar-refractivity contribution in [3.63, 3.8) is 0 Å². The van der Waals surface area contributed by atoms with Crippen molar-refractivity contribution < 1.29 is 9.53 Å². The molecule has 5 heteroatoms. The normalized spacial score (nSPS) is 16.4. The summed E-state index contributed by atoms with van der Waals surface area (Å²) in [6.45, 7) is 3.29. The third kappa shape index (κ3) is 3.94. The molecule has 2 aliphatic carbocycles. The number of nitrogens with zero attached hydrogens (tertiary/aromatic N) is 3. The van der Waals surface area contributed by atoms with E-state index in [1.165, 1.54) is 30.5 Å². The molecule has 2 aliphatic rings. The zero-order valence-corrected chi connectivity index (χ0v) is 17.1. The van der Waals surface area contributed by atoms with Crippen molar-refractivity contribution in [1.82, 2.24) is 14.7 Å². The second kappa shape index (κ2) is 8.38. The number of aryl methyl sites for hydroxylation is 1. The molecule has 150 valence electrons. The van der Waals surface area contributed by atoms with Crippen LogP contribution in [0.3, 0.4) is 0 Å². The van der Waals surface area contributed by atoms with Gasteiger partial charge in [0.2, 0.25) is 5.91 Å². The minimum atomic E-state index is 0.216. The first kappa shape index (κ1) is 19.0. The van der Waals surface area contributed by atoms with Crippen LogP contribution in [-0.4, -0.2) is 33.2 Å². The molecule has 0 spiro atoms. The van der Waals surface area contributed by atoms with Gasteiger partial charge in [-0.05, 0) is 62.3 Å². The Morgan fingerprint density at radius 3 is 2.64 bits per heavy atom. The lowest BCUT2D eigenvalue weighted by molar-refractivity contribution is -0.133. The quantitative estimate of drug-likeness (QED) is 0.732. The van der Waals surface area contributed by atoms with E-state index in [0.717, 1.165) is 42.7 Å². The number of carbonyl (C=O) groups is 1. The smallest absolute Gasteiger partial charge is 0.227 e. The van der Waals surface area contributed by atoms with Gasteiger partial charge in [-0.25, -0.2) is 0 Å². The maximum atomic E-state index is 13.3. The summed E-state index contributed by atoms with van der Waals surface area (Å²) in [7, 11) is 2.04. The summed E-state index contributed by atoms with van der Waals surface area (Å²) >= 11 is 0. The van der Waals surface area contributed by atoms with Crippen LogP contribution >= 0.6 is 0 Å². The van der Waals surface area contributed by atoms with Gasteiger partial charge >= 0.3 is 0 Å². The number of amides is 1. The SMILES string of the molecule is CCOc1ccc(CC(=O)N(Cc2nn(C)c3c2CCC3)C2CCCC2)cc1. The van der Waals surface area contributed by atoms with Crippen molar-refractivity contribution in [3.8, 4) is 5.75 Å². The third-order valence-electron chi connectivity index (χ3n) is 6.19. The highest BCUT2D eigenvalue weighted by Crippen LogP contribution is 2.29. The maximum absolute atomic E-state index is 13.3. The van der Waals surface area contributed by atoms with E-state index in [0.29, 0.717) is 25.6 Å². The molecule has 28 heavy (non-hydrogen) atoms. The second-order valence-corrected chi connectivity index (χ2v) is 8.06. The van der Waals surface area contributed by atoms with Crippen LogP contribution < -0.4 is 4.74 Å². The fourth-order valence-electron chi connectivity index (χ4n) is 4.77. The van der Waals surface area contributed by atoms with Crippen LogP contribution in [0.5, 0.6) is 5.75 Å². The molecule has 1 aromatic carbocycles. The molecule has 4 rings (SSSR count). The van der Waals surface area contributed by atoms with Crippen LogP contribution in [0.1, 0.15) is 61.5 Å². The molecule has 0 unspecified atom stereocenters. The van der Waals surface area contributed by atoms with Crippen LogP contribution in [0.25, 0.3) is 0 Å². The fraction of sp³-hybridized carbons (Fsp3) is 0.565. The van der Waals surface area contributed by atoms with Crippen LogP contribution in [0.4, 0.5) is 0 Å². The van der Waals surface area contributed by atoms with E-state index in [4.69, 9.17) is 9.84 Å². The standard InChI is InChI=1S/C23H31N3O2/c1-3-28-19-13-11-17(12-14-19)15-23(27)26(18-7-4-5-8-18)16-21-20-9-6-10-22(20)25(2)24-21/h11-14,18H,3-10,15-16H2,1-2H3. The lowest BCUT2D eigenvalue weighted by Crippen LogP contribution is -2.39. The number of ether oxygens (including phenoxy) is 1. The maximum Gasteiger partial charge on any atom is 0.227 e. The number of carbonyl (C=O) groups excluding carboxylic acids is 1. The van der Waals surface area contributed by atoms with Crippen LogP contribution in [0.15, 0.2) is 24.3 Å². The molecule has 0 atom stereocenters. The lowest BCUT2D eigenvalue weighted by Gasteiger charge is -2.29. The molecule has 0 radical (unpaired) electrons. The van der Waals surface area contributed by atoms with Crippen LogP contribution in [0, 0.1) is 0 Å². The van der Waals surface area contributed by atoms with E-state index in [9.17, 15) is 4.79 Å². The number of hydrogen-bond donors (Lipinski definition) is 0. The predicted molar refractivity (Wildman–Crippen MR) is 109 cm³/mol. The number of fused-ring (bicyclic) bond motifs is 1. The molecule has 0 N–H and O–H groups in total. The average molecular weight is 382 g/mol. The highest BCUT2D eigenvalue weighted by atomic mass is 16.5. The Morgan fingerprint density at radius 2 is 1.93 bits per heavy atom. The topological polar surface area (TPSA) is 47.4 Å². The van der Waals surface area contributed by atoms with Crippen LogP contribution in [0.2, 0.25) is 0 Å². The van der Waals surface area contributed by atoms with Gasteiger partial charge in [-0.3, -0.25) is 9.48 Å². The molecule has 1 fully saturated rings. The molecule has 0 aliphatic heterocycles. The summed E-state index contributed by atoms with van der Waals surface area (Å²) in [5.74, 6) is 1.07. The van der Waals surface area contributed by atoms with Crippen molar-refractivity contribution in [2.24, 2.45) is 7.05 Å². The predicted octanol–water partition coefficient (Wildman–Crippen LogP) is 3.82. The van der Waals surface area contributed by atoms with Gasteiger partial charge in [-0.15, -0.1) is 0 Å². The Labute approximate surface area is 167 Å². The van der Waals surface area contributed by atoms with Crippen molar-refractivity contribution in [2.75, 3.05) is 6.61 Å². The zero-order chi connectivity index (χ0) is 19.5. The molecule has 2 aromatic rings. The molecule has 5 nitrogen and oxygen atoms in total. The van der Waals surface area contributed by atoms with Gasteiger partial charge < -0.3 is 9.64 Å². The third-order valence-corrected chi connectivity index (χ3v) is 6.19. The molecule has 1 amide bonds. The molecule has 0 saturated heterocycles. The number of benzene rings is 1. The minimum Gasteiger partial charge on any atom is -0.494 e. The van der Waals surface area contributed by atoms with Crippen LogP contribution in [-0.2, 0) is 37.6 Å². The van der Waals surface area contributed by atoms with E-state index in [1.807, 2.05) is 42.9 Å². The van der Waals surface area contributed by atoms with Crippen molar-refractivity contribution in [3.05, 3.63) is 46.8 Å². The number of rotatable bonds is 7. The van der Waals surface area contributed by atoms with Gasteiger partial charge in [-0.1, -0.05) is 25.0 Å². The Hall–Kier alpha value is -2.30. The summed E-state index contributed by atoms with van der Waals surface area (Å²) in [6, 6.07) is 8.28.